The number of halogens is 4. The molecule has 180 valence electrons. The number of fused-ring (bicyclic) bond motifs is 6. The first-order valence-electron chi connectivity index (χ1n) is 10.8. The summed E-state index contributed by atoms with van der Waals surface area (Å²) in [6, 6.07) is 6.19. The van der Waals surface area contributed by atoms with E-state index in [2.05, 4.69) is 14.7 Å². The van der Waals surface area contributed by atoms with Crippen molar-refractivity contribution in [1.29, 1.82) is 0 Å². The second-order valence-corrected chi connectivity index (χ2v) is 8.46. The largest absolute Gasteiger partial charge is 0.573 e. The summed E-state index contributed by atoms with van der Waals surface area (Å²) in [4.78, 5) is 23.6. The first kappa shape index (κ1) is 21.4. The summed E-state index contributed by atoms with van der Waals surface area (Å²) >= 11 is 0. The van der Waals surface area contributed by atoms with Crippen molar-refractivity contribution in [2.75, 3.05) is 12.3 Å². The van der Waals surface area contributed by atoms with Crippen LogP contribution < -0.4 is 15.2 Å². The number of rotatable bonds is 2. The summed E-state index contributed by atoms with van der Waals surface area (Å²) in [6.45, 7) is 0.379. The quantitative estimate of drug-likeness (QED) is 0.425. The highest BCUT2D eigenvalue weighted by molar-refractivity contribution is 5.98. The summed E-state index contributed by atoms with van der Waals surface area (Å²) in [5, 5.41) is 0. The van der Waals surface area contributed by atoms with Crippen LogP contribution in [-0.4, -0.2) is 44.2 Å². The second kappa shape index (κ2) is 7.45. The van der Waals surface area contributed by atoms with Gasteiger partial charge < -0.3 is 20.1 Å². The Morgan fingerprint density at radius 3 is 2.83 bits per heavy atom. The summed E-state index contributed by atoms with van der Waals surface area (Å²) in [6.07, 6.45) is -1.22. The van der Waals surface area contributed by atoms with Gasteiger partial charge in [0.25, 0.3) is 5.91 Å². The Kier molecular flexibility index (Phi) is 4.57. The third-order valence-corrected chi connectivity index (χ3v) is 6.35. The van der Waals surface area contributed by atoms with E-state index in [1.165, 1.54) is 0 Å². The lowest BCUT2D eigenvalue weighted by Crippen LogP contribution is -2.44. The normalized spacial score (nSPS) is 19.5. The number of hydrogen-bond acceptors (Lipinski definition) is 6. The molecule has 0 unspecified atom stereocenters. The molecule has 4 heterocycles. The van der Waals surface area contributed by atoms with Gasteiger partial charge in [-0.2, -0.15) is 0 Å². The summed E-state index contributed by atoms with van der Waals surface area (Å²) < 4.78 is 63.7. The zero-order valence-corrected chi connectivity index (χ0v) is 17.9. The number of likely N-dealkylation sites (tertiary alicyclic amines) is 1. The van der Waals surface area contributed by atoms with Crippen molar-refractivity contribution >= 4 is 28.3 Å². The van der Waals surface area contributed by atoms with Crippen molar-refractivity contribution in [3.05, 3.63) is 59.8 Å². The van der Waals surface area contributed by atoms with Gasteiger partial charge in [0.15, 0.2) is 11.6 Å². The lowest BCUT2D eigenvalue weighted by atomic mass is 9.93. The van der Waals surface area contributed by atoms with Gasteiger partial charge in [0, 0.05) is 23.7 Å². The van der Waals surface area contributed by atoms with Crippen LogP contribution in [0.3, 0.4) is 0 Å². The van der Waals surface area contributed by atoms with Gasteiger partial charge in [0.05, 0.1) is 29.6 Å². The minimum Gasteiger partial charge on any atom is -0.487 e. The number of carbonyl (C=O) groups excluding carboxylic acids is 1. The maximum atomic E-state index is 14.5. The highest BCUT2D eigenvalue weighted by Gasteiger charge is 2.44. The molecule has 0 bridgehead atoms. The standard InChI is InChI=1S/C23H17F4N5O3/c24-13-7-12-18(8-19(13)35-23(25,26)27)34-17-2-1-5-31(20(12)17)22(33)11-3-4-14-15(6-11)32-10-29-9-16(32)21(28)30-14/h3-4,6-10,17,20H,1-2,5H2,(H2,28,30)/t17-,20-/m0/s1. The van der Waals surface area contributed by atoms with E-state index in [-0.39, 0.29) is 11.7 Å². The Morgan fingerprint density at radius 2 is 2.03 bits per heavy atom. The predicted molar refractivity (Wildman–Crippen MR) is 115 cm³/mol. The van der Waals surface area contributed by atoms with Crippen molar-refractivity contribution in [3.8, 4) is 11.5 Å². The number of imidazole rings is 1. The van der Waals surface area contributed by atoms with Gasteiger partial charge in [-0.1, -0.05) is 0 Å². The molecule has 0 saturated carbocycles. The van der Waals surface area contributed by atoms with E-state index in [1.807, 2.05) is 0 Å². The predicted octanol–water partition coefficient (Wildman–Crippen LogP) is 4.24. The van der Waals surface area contributed by atoms with Crippen molar-refractivity contribution in [1.82, 2.24) is 19.3 Å². The lowest BCUT2D eigenvalue weighted by molar-refractivity contribution is -0.275. The molecular weight excluding hydrogens is 470 g/mol. The third kappa shape index (κ3) is 3.47. The molecule has 35 heavy (non-hydrogen) atoms. The van der Waals surface area contributed by atoms with Crippen molar-refractivity contribution in [2.45, 2.75) is 31.3 Å². The zero-order valence-electron chi connectivity index (χ0n) is 17.9. The van der Waals surface area contributed by atoms with Crippen LogP contribution in [0.2, 0.25) is 0 Å². The first-order valence-corrected chi connectivity index (χ1v) is 10.8. The van der Waals surface area contributed by atoms with Gasteiger partial charge in [-0.05, 0) is 37.1 Å². The number of piperidine rings is 1. The average Bonchev–Trinajstić information content (AvgIpc) is 3.43. The van der Waals surface area contributed by atoms with E-state index in [0.717, 1.165) is 12.1 Å². The van der Waals surface area contributed by atoms with Gasteiger partial charge >= 0.3 is 6.36 Å². The van der Waals surface area contributed by atoms with E-state index in [9.17, 15) is 22.4 Å². The summed E-state index contributed by atoms with van der Waals surface area (Å²) in [5.74, 6) is -2.10. The smallest absolute Gasteiger partial charge is 0.487 e. The second-order valence-electron chi connectivity index (χ2n) is 8.46. The molecule has 1 amide bonds. The molecule has 2 aliphatic rings. The highest BCUT2D eigenvalue weighted by atomic mass is 19.4. The van der Waals surface area contributed by atoms with E-state index in [0.29, 0.717) is 52.9 Å². The van der Waals surface area contributed by atoms with Crippen LogP contribution in [0.15, 0.2) is 42.9 Å². The Morgan fingerprint density at radius 1 is 1.20 bits per heavy atom. The average molecular weight is 487 g/mol. The molecule has 6 rings (SSSR count). The van der Waals surface area contributed by atoms with Crippen LogP contribution in [0.1, 0.15) is 34.8 Å². The lowest BCUT2D eigenvalue weighted by Gasteiger charge is -2.36. The first-order chi connectivity index (χ1) is 16.7. The van der Waals surface area contributed by atoms with Crippen LogP contribution in [0.5, 0.6) is 11.5 Å². The van der Waals surface area contributed by atoms with Crippen LogP contribution in [0.4, 0.5) is 23.4 Å². The molecular formula is C23H17F4N5O3. The number of nitrogen functional groups attached to an aromatic ring is 1. The molecule has 4 aromatic rings. The van der Waals surface area contributed by atoms with Crippen LogP contribution in [0.25, 0.3) is 16.6 Å². The number of amides is 1. The number of anilines is 1. The fourth-order valence-electron chi connectivity index (χ4n) is 4.90. The van der Waals surface area contributed by atoms with Gasteiger partial charge in [-0.25, -0.2) is 14.4 Å². The monoisotopic (exact) mass is 487 g/mol. The Bertz CT molecular complexity index is 1500. The molecule has 2 aliphatic heterocycles. The Hall–Kier alpha value is -4.09. The molecule has 1 saturated heterocycles. The maximum Gasteiger partial charge on any atom is 0.573 e. The van der Waals surface area contributed by atoms with E-state index < -0.39 is 30.1 Å². The SMILES string of the molecule is Nc1nc2ccc(C(=O)N3CCC[C@@H]4Oc5cc(OC(F)(F)F)c(F)cc5[C@@H]43)cc2n2cncc12. The summed E-state index contributed by atoms with van der Waals surface area (Å²) in [5.41, 5.74) is 8.47. The fraction of sp³-hybridized carbons (Fsp3) is 0.261. The van der Waals surface area contributed by atoms with E-state index in [1.54, 1.807) is 40.0 Å². The molecule has 2 atom stereocenters. The zero-order chi connectivity index (χ0) is 24.5. The van der Waals surface area contributed by atoms with Gasteiger partial charge in [0.2, 0.25) is 0 Å². The molecule has 0 radical (unpaired) electrons. The number of nitrogens with zero attached hydrogens (tertiary/aromatic N) is 4. The number of benzene rings is 2. The maximum absolute atomic E-state index is 14.5. The fourth-order valence-corrected chi connectivity index (χ4v) is 4.90. The van der Waals surface area contributed by atoms with Crippen LogP contribution in [0, 0.1) is 5.82 Å². The minimum atomic E-state index is -5.04. The minimum absolute atomic E-state index is 0.0682. The number of carbonyl (C=O) groups is 1. The van der Waals surface area contributed by atoms with Gasteiger partial charge in [-0.15, -0.1) is 13.2 Å². The Balaban J connectivity index is 1.38. The number of ether oxygens (including phenoxy) is 2. The van der Waals surface area contributed by atoms with E-state index >= 15 is 0 Å². The van der Waals surface area contributed by atoms with Gasteiger partial charge in [0.1, 0.15) is 23.2 Å². The number of nitrogens with two attached hydrogens (primary N) is 1. The van der Waals surface area contributed by atoms with Crippen LogP contribution >= 0.6 is 0 Å². The van der Waals surface area contributed by atoms with Gasteiger partial charge in [-0.3, -0.25) is 9.20 Å². The molecule has 0 spiro atoms. The van der Waals surface area contributed by atoms with Crippen molar-refractivity contribution < 1.29 is 31.8 Å². The molecule has 12 heteroatoms. The molecule has 1 fully saturated rings. The Labute approximate surface area is 194 Å². The molecule has 8 nitrogen and oxygen atoms in total. The van der Waals surface area contributed by atoms with Crippen LogP contribution in [-0.2, 0) is 0 Å². The van der Waals surface area contributed by atoms with Crippen molar-refractivity contribution in [2.24, 2.45) is 0 Å². The van der Waals surface area contributed by atoms with Crippen molar-refractivity contribution in [3.63, 3.8) is 0 Å². The molecule has 0 aliphatic carbocycles. The topological polar surface area (TPSA) is 95.0 Å². The molecule has 2 N–H and O–H groups in total. The number of hydrogen-bond donors (Lipinski definition) is 1. The summed E-state index contributed by atoms with van der Waals surface area (Å²) in [7, 11) is 0. The number of aromatic nitrogens is 3. The third-order valence-electron chi connectivity index (χ3n) is 6.35. The molecule has 2 aromatic carbocycles. The van der Waals surface area contributed by atoms with E-state index in [4.69, 9.17) is 10.5 Å². The molecule has 2 aromatic heterocycles. The highest BCUT2D eigenvalue weighted by Crippen LogP contribution is 2.47. The number of alkyl halides is 3.